The second kappa shape index (κ2) is 3.93. The SMILES string of the molecule is C=C(C)[C@H]1CC[C@@H]2CCC[C@](C)(O)[C@H]2C1. The van der Waals surface area contributed by atoms with Gasteiger partial charge in [-0.3, -0.25) is 0 Å². The van der Waals surface area contributed by atoms with Crippen molar-refractivity contribution in [2.75, 3.05) is 0 Å². The van der Waals surface area contributed by atoms with Crippen LogP contribution in [-0.2, 0) is 0 Å². The third-order valence-corrected chi connectivity index (χ3v) is 4.75. The first-order valence-corrected chi connectivity index (χ1v) is 6.38. The van der Waals surface area contributed by atoms with Crippen LogP contribution in [0.25, 0.3) is 0 Å². The number of hydrogen-bond donors (Lipinski definition) is 1. The molecule has 1 nitrogen and oxygen atoms in total. The minimum atomic E-state index is -0.406. The quantitative estimate of drug-likeness (QED) is 0.654. The molecule has 4 atom stereocenters. The number of allylic oxidation sites excluding steroid dienone is 1. The summed E-state index contributed by atoms with van der Waals surface area (Å²) in [7, 11) is 0. The van der Waals surface area contributed by atoms with Crippen LogP contribution in [0, 0.1) is 17.8 Å². The summed E-state index contributed by atoms with van der Waals surface area (Å²) in [5.74, 6) is 1.97. The zero-order valence-corrected chi connectivity index (χ0v) is 10.1. The molecule has 15 heavy (non-hydrogen) atoms. The maximum absolute atomic E-state index is 10.4. The average molecular weight is 208 g/mol. The number of rotatable bonds is 1. The van der Waals surface area contributed by atoms with Crippen LogP contribution in [0.1, 0.15) is 52.4 Å². The minimum absolute atomic E-state index is 0.406. The van der Waals surface area contributed by atoms with E-state index < -0.39 is 5.60 Å². The third-order valence-electron chi connectivity index (χ3n) is 4.75. The fourth-order valence-corrected chi connectivity index (χ4v) is 3.70. The predicted octanol–water partition coefficient (Wildman–Crippen LogP) is 3.53. The lowest BCUT2D eigenvalue weighted by Gasteiger charge is -2.47. The van der Waals surface area contributed by atoms with E-state index in [1.54, 1.807) is 0 Å². The Morgan fingerprint density at radius 2 is 2.07 bits per heavy atom. The van der Waals surface area contributed by atoms with E-state index in [1.807, 2.05) is 6.92 Å². The first-order valence-electron chi connectivity index (χ1n) is 6.38. The molecule has 0 heterocycles. The molecule has 0 radical (unpaired) electrons. The lowest BCUT2D eigenvalue weighted by molar-refractivity contribution is -0.0805. The highest BCUT2D eigenvalue weighted by atomic mass is 16.3. The van der Waals surface area contributed by atoms with E-state index in [0.29, 0.717) is 11.8 Å². The third kappa shape index (κ3) is 2.13. The molecule has 1 N–H and O–H groups in total. The molecule has 0 amide bonds. The molecule has 0 saturated heterocycles. The van der Waals surface area contributed by atoms with E-state index in [4.69, 9.17) is 0 Å². The van der Waals surface area contributed by atoms with Crippen molar-refractivity contribution >= 4 is 0 Å². The zero-order valence-electron chi connectivity index (χ0n) is 10.1. The summed E-state index contributed by atoms with van der Waals surface area (Å²) in [5.41, 5.74) is 0.909. The Hall–Kier alpha value is -0.300. The van der Waals surface area contributed by atoms with Crippen molar-refractivity contribution in [1.29, 1.82) is 0 Å². The topological polar surface area (TPSA) is 20.2 Å². The van der Waals surface area contributed by atoms with Gasteiger partial charge in [0.15, 0.2) is 0 Å². The van der Waals surface area contributed by atoms with Crippen LogP contribution in [0.5, 0.6) is 0 Å². The van der Waals surface area contributed by atoms with Crippen molar-refractivity contribution in [3.05, 3.63) is 12.2 Å². The number of aliphatic hydroxyl groups is 1. The molecule has 2 saturated carbocycles. The molecular weight excluding hydrogens is 184 g/mol. The molecule has 86 valence electrons. The predicted molar refractivity (Wildman–Crippen MR) is 63.6 cm³/mol. The van der Waals surface area contributed by atoms with Crippen LogP contribution in [0.3, 0.4) is 0 Å². The van der Waals surface area contributed by atoms with Crippen LogP contribution in [0.4, 0.5) is 0 Å². The summed E-state index contributed by atoms with van der Waals surface area (Å²) in [6.45, 7) is 8.27. The summed E-state index contributed by atoms with van der Waals surface area (Å²) in [6.07, 6.45) is 7.32. The molecule has 2 fully saturated rings. The second-order valence-corrected chi connectivity index (χ2v) is 5.97. The first-order chi connectivity index (χ1) is 7.00. The summed E-state index contributed by atoms with van der Waals surface area (Å²) < 4.78 is 0. The van der Waals surface area contributed by atoms with Gasteiger partial charge in [-0.2, -0.15) is 0 Å². The molecule has 0 aromatic heterocycles. The second-order valence-electron chi connectivity index (χ2n) is 5.97. The van der Waals surface area contributed by atoms with E-state index >= 15 is 0 Å². The van der Waals surface area contributed by atoms with Crippen molar-refractivity contribution in [3.8, 4) is 0 Å². The summed E-state index contributed by atoms with van der Waals surface area (Å²) in [6, 6.07) is 0. The first kappa shape index (κ1) is 11.2. The molecule has 0 unspecified atom stereocenters. The van der Waals surface area contributed by atoms with Gasteiger partial charge >= 0.3 is 0 Å². The molecule has 0 aromatic carbocycles. The van der Waals surface area contributed by atoms with Gasteiger partial charge in [-0.05, 0) is 63.7 Å². The molecule has 0 aliphatic heterocycles. The Labute approximate surface area is 93.6 Å². The maximum Gasteiger partial charge on any atom is 0.0650 e. The van der Waals surface area contributed by atoms with Gasteiger partial charge in [-0.25, -0.2) is 0 Å². The number of fused-ring (bicyclic) bond motifs is 1. The van der Waals surface area contributed by atoms with Gasteiger partial charge in [0, 0.05) is 0 Å². The smallest absolute Gasteiger partial charge is 0.0650 e. The van der Waals surface area contributed by atoms with Crippen LogP contribution in [0.2, 0.25) is 0 Å². The van der Waals surface area contributed by atoms with E-state index in [-0.39, 0.29) is 0 Å². The van der Waals surface area contributed by atoms with Crippen LogP contribution in [0.15, 0.2) is 12.2 Å². The van der Waals surface area contributed by atoms with Gasteiger partial charge in [-0.15, -0.1) is 0 Å². The van der Waals surface area contributed by atoms with E-state index in [2.05, 4.69) is 13.5 Å². The fraction of sp³-hybridized carbons (Fsp3) is 0.857. The lowest BCUT2D eigenvalue weighted by Crippen LogP contribution is -2.45. The van der Waals surface area contributed by atoms with Crippen molar-refractivity contribution in [2.45, 2.75) is 58.0 Å². The highest BCUT2D eigenvalue weighted by Crippen LogP contribution is 2.48. The van der Waals surface area contributed by atoms with Crippen molar-refractivity contribution < 1.29 is 5.11 Å². The molecule has 0 spiro atoms. The van der Waals surface area contributed by atoms with Gasteiger partial charge < -0.3 is 5.11 Å². The Kier molecular flexibility index (Phi) is 2.94. The fourth-order valence-electron chi connectivity index (χ4n) is 3.70. The minimum Gasteiger partial charge on any atom is -0.390 e. The van der Waals surface area contributed by atoms with Gasteiger partial charge in [-0.1, -0.05) is 18.6 Å². The number of hydrogen-bond acceptors (Lipinski definition) is 1. The molecular formula is C14H24O. The summed E-state index contributed by atoms with van der Waals surface area (Å²) in [4.78, 5) is 0. The lowest BCUT2D eigenvalue weighted by atomic mass is 9.60. The largest absolute Gasteiger partial charge is 0.390 e. The highest BCUT2D eigenvalue weighted by molar-refractivity contribution is 5.03. The summed E-state index contributed by atoms with van der Waals surface area (Å²) >= 11 is 0. The van der Waals surface area contributed by atoms with E-state index in [1.165, 1.54) is 37.7 Å². The zero-order chi connectivity index (χ0) is 11.1. The van der Waals surface area contributed by atoms with Crippen LogP contribution < -0.4 is 0 Å². The van der Waals surface area contributed by atoms with Crippen LogP contribution in [-0.4, -0.2) is 10.7 Å². The van der Waals surface area contributed by atoms with Gasteiger partial charge in [0.05, 0.1) is 5.60 Å². The average Bonchev–Trinajstić information content (AvgIpc) is 2.17. The molecule has 2 aliphatic rings. The van der Waals surface area contributed by atoms with E-state index in [9.17, 15) is 5.11 Å². The Bertz CT molecular complexity index is 254. The monoisotopic (exact) mass is 208 g/mol. The molecule has 0 bridgehead atoms. The Morgan fingerprint density at radius 1 is 1.33 bits per heavy atom. The standard InChI is InChI=1S/C14H24O/c1-10(2)12-7-6-11-5-4-8-14(3,15)13(11)9-12/h11-13,15H,1,4-9H2,2-3H3/t11-,12-,13-,14-/m0/s1. The molecule has 0 aromatic rings. The van der Waals surface area contributed by atoms with Crippen molar-refractivity contribution in [3.63, 3.8) is 0 Å². The Balaban J connectivity index is 2.10. The maximum atomic E-state index is 10.4. The van der Waals surface area contributed by atoms with Crippen molar-refractivity contribution in [1.82, 2.24) is 0 Å². The van der Waals surface area contributed by atoms with Gasteiger partial charge in [0.25, 0.3) is 0 Å². The molecule has 2 rings (SSSR count). The van der Waals surface area contributed by atoms with Gasteiger partial charge in [0.2, 0.25) is 0 Å². The Morgan fingerprint density at radius 3 is 2.73 bits per heavy atom. The van der Waals surface area contributed by atoms with Crippen molar-refractivity contribution in [2.24, 2.45) is 17.8 Å². The van der Waals surface area contributed by atoms with E-state index in [0.717, 1.165) is 12.3 Å². The molecule has 2 aliphatic carbocycles. The van der Waals surface area contributed by atoms with Gasteiger partial charge in [0.1, 0.15) is 0 Å². The van der Waals surface area contributed by atoms with Crippen LogP contribution >= 0.6 is 0 Å². The normalized spacial score (nSPS) is 45.9. The molecule has 1 heteroatoms. The summed E-state index contributed by atoms with van der Waals surface area (Å²) in [5, 5.41) is 10.4. The highest BCUT2D eigenvalue weighted by Gasteiger charge is 2.43.